The topological polar surface area (TPSA) is 38.5 Å². The summed E-state index contributed by atoms with van der Waals surface area (Å²) in [6.45, 7) is 3.39. The highest BCUT2D eigenvalue weighted by molar-refractivity contribution is 4.70. The third-order valence-electron chi connectivity index (χ3n) is 2.88. The van der Waals surface area contributed by atoms with Crippen molar-refractivity contribution in [1.82, 2.24) is 4.90 Å². The van der Waals surface area contributed by atoms with Crippen molar-refractivity contribution in [2.24, 2.45) is 11.7 Å². The van der Waals surface area contributed by atoms with Crippen LogP contribution in [0.25, 0.3) is 0 Å². The Morgan fingerprint density at radius 1 is 1.25 bits per heavy atom. The van der Waals surface area contributed by atoms with Gasteiger partial charge in [-0.15, -0.1) is 0 Å². The highest BCUT2D eigenvalue weighted by Crippen LogP contribution is 2.28. The van der Waals surface area contributed by atoms with E-state index in [2.05, 4.69) is 4.90 Å². The van der Waals surface area contributed by atoms with E-state index in [1.54, 1.807) is 0 Å². The van der Waals surface area contributed by atoms with Crippen LogP contribution in [-0.2, 0) is 4.74 Å². The summed E-state index contributed by atoms with van der Waals surface area (Å²) in [6.07, 6.45) is -3.49. The highest BCUT2D eigenvalue weighted by Gasteiger charge is 2.37. The molecule has 0 aromatic carbocycles. The molecule has 1 unspecified atom stereocenters. The van der Waals surface area contributed by atoms with E-state index >= 15 is 0 Å². The molecule has 1 heterocycles. The van der Waals surface area contributed by atoms with Gasteiger partial charge in [-0.25, -0.2) is 0 Å². The lowest BCUT2D eigenvalue weighted by Gasteiger charge is -2.27. The zero-order chi connectivity index (χ0) is 12.0. The average Bonchev–Trinajstić information content (AvgIpc) is 2.24. The molecule has 0 radical (unpaired) electrons. The van der Waals surface area contributed by atoms with E-state index < -0.39 is 12.1 Å². The molecule has 0 saturated carbocycles. The van der Waals surface area contributed by atoms with Gasteiger partial charge < -0.3 is 10.5 Å². The van der Waals surface area contributed by atoms with Crippen LogP contribution in [-0.4, -0.2) is 50.5 Å². The Hall–Kier alpha value is -0.330. The van der Waals surface area contributed by atoms with Gasteiger partial charge in [0, 0.05) is 19.6 Å². The van der Waals surface area contributed by atoms with E-state index in [-0.39, 0.29) is 13.0 Å². The van der Waals surface area contributed by atoms with Crippen molar-refractivity contribution in [3.05, 3.63) is 0 Å². The van der Waals surface area contributed by atoms with Crippen molar-refractivity contribution in [2.45, 2.75) is 19.0 Å². The van der Waals surface area contributed by atoms with Gasteiger partial charge in [0.2, 0.25) is 0 Å². The number of hydrogen-bond donors (Lipinski definition) is 1. The van der Waals surface area contributed by atoms with Gasteiger partial charge in [-0.3, -0.25) is 4.90 Å². The van der Waals surface area contributed by atoms with E-state index in [9.17, 15) is 13.2 Å². The number of morpholine rings is 1. The lowest BCUT2D eigenvalue weighted by molar-refractivity contribution is -0.173. The summed E-state index contributed by atoms with van der Waals surface area (Å²) in [5.74, 6) is -1.35. The van der Waals surface area contributed by atoms with Crippen molar-refractivity contribution in [3.8, 4) is 0 Å². The fourth-order valence-corrected chi connectivity index (χ4v) is 1.80. The van der Waals surface area contributed by atoms with Crippen LogP contribution < -0.4 is 5.73 Å². The largest absolute Gasteiger partial charge is 0.393 e. The summed E-state index contributed by atoms with van der Waals surface area (Å²) in [5, 5.41) is 0. The second-order valence-corrected chi connectivity index (χ2v) is 4.07. The van der Waals surface area contributed by atoms with Crippen LogP contribution >= 0.6 is 0 Å². The molecule has 16 heavy (non-hydrogen) atoms. The summed E-state index contributed by atoms with van der Waals surface area (Å²) < 4.78 is 42.3. The third-order valence-corrected chi connectivity index (χ3v) is 2.88. The van der Waals surface area contributed by atoms with Crippen molar-refractivity contribution in [1.29, 1.82) is 0 Å². The molecule has 3 nitrogen and oxygen atoms in total. The number of hydrogen-bond acceptors (Lipinski definition) is 3. The van der Waals surface area contributed by atoms with E-state index in [4.69, 9.17) is 10.5 Å². The van der Waals surface area contributed by atoms with Gasteiger partial charge in [-0.2, -0.15) is 13.2 Å². The third kappa shape index (κ3) is 4.67. The Labute approximate surface area is 93.7 Å². The van der Waals surface area contributed by atoms with E-state index in [0.717, 1.165) is 13.1 Å². The Balaban J connectivity index is 2.17. The first-order valence-corrected chi connectivity index (χ1v) is 5.61. The molecule has 96 valence electrons. The van der Waals surface area contributed by atoms with E-state index in [0.29, 0.717) is 26.2 Å². The molecule has 0 amide bonds. The molecular formula is C10H19F3N2O. The summed E-state index contributed by atoms with van der Waals surface area (Å²) in [4.78, 5) is 2.13. The maximum atomic E-state index is 12.4. The van der Waals surface area contributed by atoms with Crippen LogP contribution in [0, 0.1) is 5.92 Å². The Morgan fingerprint density at radius 3 is 2.38 bits per heavy atom. The number of nitrogens with two attached hydrogens (primary N) is 1. The number of ether oxygens (including phenoxy) is 1. The minimum absolute atomic E-state index is 0.122. The summed E-state index contributed by atoms with van der Waals surface area (Å²) >= 11 is 0. The molecule has 2 N–H and O–H groups in total. The maximum absolute atomic E-state index is 12.4. The summed E-state index contributed by atoms with van der Waals surface area (Å²) in [7, 11) is 0. The number of halogens is 3. The molecule has 0 spiro atoms. The summed E-state index contributed by atoms with van der Waals surface area (Å²) in [5.41, 5.74) is 5.12. The number of nitrogens with zero attached hydrogens (tertiary/aromatic N) is 1. The van der Waals surface area contributed by atoms with Gasteiger partial charge in [-0.1, -0.05) is 0 Å². The second kappa shape index (κ2) is 6.42. The number of rotatable bonds is 5. The first-order chi connectivity index (χ1) is 7.54. The van der Waals surface area contributed by atoms with Gasteiger partial charge >= 0.3 is 6.18 Å². The molecule has 1 aliphatic rings. The molecule has 0 aromatic heterocycles. The maximum Gasteiger partial charge on any atom is 0.393 e. The van der Waals surface area contributed by atoms with E-state index in [1.807, 2.05) is 0 Å². The molecular weight excluding hydrogens is 221 g/mol. The second-order valence-electron chi connectivity index (χ2n) is 4.07. The molecule has 6 heteroatoms. The fraction of sp³-hybridized carbons (Fsp3) is 1.00. The monoisotopic (exact) mass is 240 g/mol. The quantitative estimate of drug-likeness (QED) is 0.785. The molecule has 1 rings (SSSR count). The minimum atomic E-state index is -4.15. The first kappa shape index (κ1) is 13.7. The molecule has 1 aliphatic heterocycles. The minimum Gasteiger partial charge on any atom is -0.379 e. The molecule has 0 aliphatic carbocycles. The van der Waals surface area contributed by atoms with Crippen molar-refractivity contribution >= 4 is 0 Å². The van der Waals surface area contributed by atoms with Crippen LogP contribution in [0.15, 0.2) is 0 Å². The Bertz CT molecular complexity index is 193. The van der Waals surface area contributed by atoms with Crippen LogP contribution in [0.4, 0.5) is 13.2 Å². The fourth-order valence-electron chi connectivity index (χ4n) is 1.80. The van der Waals surface area contributed by atoms with Gasteiger partial charge in [0.25, 0.3) is 0 Å². The molecule has 0 bridgehead atoms. The zero-order valence-corrected chi connectivity index (χ0v) is 9.30. The van der Waals surface area contributed by atoms with Gasteiger partial charge in [0.05, 0.1) is 19.1 Å². The predicted octanol–water partition coefficient (Wildman–Crippen LogP) is 1.24. The van der Waals surface area contributed by atoms with Crippen LogP contribution in [0.5, 0.6) is 0 Å². The predicted molar refractivity (Wildman–Crippen MR) is 55.1 cm³/mol. The van der Waals surface area contributed by atoms with Crippen LogP contribution in [0.2, 0.25) is 0 Å². The van der Waals surface area contributed by atoms with Crippen molar-refractivity contribution in [2.75, 3.05) is 39.4 Å². The SMILES string of the molecule is NCC(CCCN1CCOCC1)C(F)(F)F. The highest BCUT2D eigenvalue weighted by atomic mass is 19.4. The van der Waals surface area contributed by atoms with Gasteiger partial charge in [-0.05, 0) is 19.4 Å². The van der Waals surface area contributed by atoms with Crippen molar-refractivity contribution < 1.29 is 17.9 Å². The molecule has 1 fully saturated rings. The van der Waals surface area contributed by atoms with Crippen LogP contribution in [0.1, 0.15) is 12.8 Å². The van der Waals surface area contributed by atoms with Crippen molar-refractivity contribution in [3.63, 3.8) is 0 Å². The average molecular weight is 240 g/mol. The molecule has 0 aromatic rings. The van der Waals surface area contributed by atoms with E-state index in [1.165, 1.54) is 0 Å². The smallest absolute Gasteiger partial charge is 0.379 e. The molecule has 1 saturated heterocycles. The van der Waals surface area contributed by atoms with Gasteiger partial charge in [0.15, 0.2) is 0 Å². The Kier molecular flexibility index (Phi) is 5.51. The first-order valence-electron chi connectivity index (χ1n) is 5.61. The normalized spacial score (nSPS) is 21.0. The van der Waals surface area contributed by atoms with Gasteiger partial charge in [0.1, 0.15) is 0 Å². The summed E-state index contributed by atoms with van der Waals surface area (Å²) in [6, 6.07) is 0. The molecule has 1 atom stereocenters. The Morgan fingerprint density at radius 2 is 1.88 bits per heavy atom. The zero-order valence-electron chi connectivity index (χ0n) is 9.30. The standard InChI is InChI=1S/C10H19F3N2O/c11-10(12,13)9(8-14)2-1-3-15-4-6-16-7-5-15/h9H,1-8,14H2. The lowest BCUT2D eigenvalue weighted by Crippen LogP contribution is -2.37. The lowest BCUT2D eigenvalue weighted by atomic mass is 10.0. The number of alkyl halides is 3. The van der Waals surface area contributed by atoms with Crippen LogP contribution in [0.3, 0.4) is 0 Å².